The molecule has 0 aromatic heterocycles. The summed E-state index contributed by atoms with van der Waals surface area (Å²) in [5, 5.41) is 17.6. The number of hydrogen-bond acceptors (Lipinski definition) is 3. The number of nitrogens with zero attached hydrogens (tertiary/aromatic N) is 2. The highest BCUT2D eigenvalue weighted by molar-refractivity contribution is 5.74. The fourth-order valence-corrected chi connectivity index (χ4v) is 2.29. The lowest BCUT2D eigenvalue weighted by Gasteiger charge is -2.35. The maximum Gasteiger partial charge on any atom is 0.320 e. The molecule has 104 valence electrons. The predicted molar refractivity (Wildman–Crippen MR) is 66.3 cm³/mol. The van der Waals surface area contributed by atoms with Gasteiger partial charge in [0.25, 0.3) is 0 Å². The number of carboxylic acids is 1. The van der Waals surface area contributed by atoms with Crippen molar-refractivity contribution in [3.05, 3.63) is 0 Å². The smallest absolute Gasteiger partial charge is 0.320 e. The Morgan fingerprint density at radius 2 is 1.94 bits per heavy atom. The molecule has 0 unspecified atom stereocenters. The summed E-state index contributed by atoms with van der Waals surface area (Å²) in [5.41, 5.74) is 0. The summed E-state index contributed by atoms with van der Waals surface area (Å²) in [7, 11) is 0. The van der Waals surface area contributed by atoms with Gasteiger partial charge in [0.15, 0.2) is 0 Å². The summed E-state index contributed by atoms with van der Waals surface area (Å²) in [5.74, 6) is -0.588. The SMILES string of the molecule is CCN(CCO)C(=O)N1CCC(CC(=O)O)CC1. The Hall–Kier alpha value is -1.30. The molecule has 1 aliphatic heterocycles. The number of aliphatic carboxylic acids is 1. The van der Waals surface area contributed by atoms with Gasteiger partial charge in [-0.05, 0) is 25.7 Å². The van der Waals surface area contributed by atoms with Gasteiger partial charge in [-0.3, -0.25) is 4.79 Å². The van der Waals surface area contributed by atoms with Gasteiger partial charge in [-0.15, -0.1) is 0 Å². The van der Waals surface area contributed by atoms with Crippen molar-refractivity contribution in [1.29, 1.82) is 0 Å². The summed E-state index contributed by atoms with van der Waals surface area (Å²) in [6, 6.07) is -0.0553. The van der Waals surface area contributed by atoms with Crippen LogP contribution in [0.4, 0.5) is 4.79 Å². The third-order valence-electron chi connectivity index (χ3n) is 3.37. The molecule has 0 aromatic carbocycles. The molecule has 1 aliphatic rings. The molecular formula is C12H22N2O4. The van der Waals surface area contributed by atoms with Crippen LogP contribution in [0.15, 0.2) is 0 Å². The van der Waals surface area contributed by atoms with Crippen molar-refractivity contribution in [2.24, 2.45) is 5.92 Å². The Balaban J connectivity index is 2.41. The molecule has 0 spiro atoms. The lowest BCUT2D eigenvalue weighted by atomic mass is 9.94. The second-order valence-electron chi connectivity index (χ2n) is 4.61. The van der Waals surface area contributed by atoms with Gasteiger partial charge in [0, 0.05) is 32.6 Å². The van der Waals surface area contributed by atoms with E-state index in [9.17, 15) is 9.59 Å². The molecule has 2 N–H and O–H groups in total. The van der Waals surface area contributed by atoms with E-state index in [1.165, 1.54) is 0 Å². The molecule has 6 heteroatoms. The maximum absolute atomic E-state index is 12.1. The van der Waals surface area contributed by atoms with E-state index in [-0.39, 0.29) is 25.0 Å². The maximum atomic E-state index is 12.1. The second-order valence-corrected chi connectivity index (χ2v) is 4.61. The molecule has 18 heavy (non-hydrogen) atoms. The number of rotatable bonds is 5. The molecule has 0 aliphatic carbocycles. The molecule has 0 aromatic rings. The van der Waals surface area contributed by atoms with E-state index < -0.39 is 5.97 Å². The summed E-state index contributed by atoms with van der Waals surface area (Å²) < 4.78 is 0. The van der Waals surface area contributed by atoms with Crippen LogP contribution < -0.4 is 0 Å². The zero-order chi connectivity index (χ0) is 13.5. The van der Waals surface area contributed by atoms with Crippen LogP contribution in [0.1, 0.15) is 26.2 Å². The fourth-order valence-electron chi connectivity index (χ4n) is 2.29. The Kier molecular flexibility index (Phi) is 5.91. The van der Waals surface area contributed by atoms with Gasteiger partial charge in [0.2, 0.25) is 0 Å². The monoisotopic (exact) mass is 258 g/mol. The van der Waals surface area contributed by atoms with E-state index >= 15 is 0 Å². The average Bonchev–Trinajstić information content (AvgIpc) is 2.35. The van der Waals surface area contributed by atoms with E-state index in [0.29, 0.717) is 26.2 Å². The lowest BCUT2D eigenvalue weighted by Crippen LogP contribution is -2.47. The minimum Gasteiger partial charge on any atom is -0.481 e. The number of urea groups is 1. The first-order valence-electron chi connectivity index (χ1n) is 6.45. The van der Waals surface area contributed by atoms with E-state index in [1.807, 2.05) is 6.92 Å². The minimum absolute atomic E-state index is 0.0327. The molecule has 1 heterocycles. The topological polar surface area (TPSA) is 81.1 Å². The zero-order valence-corrected chi connectivity index (χ0v) is 10.8. The predicted octanol–water partition coefficient (Wildman–Crippen LogP) is 0.607. The molecule has 1 saturated heterocycles. The number of carbonyl (C=O) groups is 2. The van der Waals surface area contributed by atoms with E-state index in [4.69, 9.17) is 10.2 Å². The van der Waals surface area contributed by atoms with Crippen LogP contribution in [0.3, 0.4) is 0 Å². The number of piperidine rings is 1. The second kappa shape index (κ2) is 7.20. The van der Waals surface area contributed by atoms with Crippen molar-refractivity contribution in [1.82, 2.24) is 9.80 Å². The van der Waals surface area contributed by atoms with Gasteiger partial charge >= 0.3 is 12.0 Å². The first-order valence-corrected chi connectivity index (χ1v) is 6.45. The molecule has 6 nitrogen and oxygen atoms in total. The fraction of sp³-hybridized carbons (Fsp3) is 0.833. The van der Waals surface area contributed by atoms with Crippen molar-refractivity contribution >= 4 is 12.0 Å². The van der Waals surface area contributed by atoms with Gasteiger partial charge in [-0.1, -0.05) is 0 Å². The van der Waals surface area contributed by atoms with Crippen LogP contribution in [-0.4, -0.2) is 64.8 Å². The van der Waals surface area contributed by atoms with Crippen LogP contribution in [0.5, 0.6) is 0 Å². The van der Waals surface area contributed by atoms with Crippen molar-refractivity contribution < 1.29 is 19.8 Å². The van der Waals surface area contributed by atoms with Gasteiger partial charge in [-0.2, -0.15) is 0 Å². The van der Waals surface area contributed by atoms with Gasteiger partial charge in [0.05, 0.1) is 6.61 Å². The molecule has 2 amide bonds. The number of hydrogen-bond donors (Lipinski definition) is 2. The number of amides is 2. The highest BCUT2D eigenvalue weighted by Crippen LogP contribution is 2.21. The number of aliphatic hydroxyl groups excluding tert-OH is 1. The molecular weight excluding hydrogens is 236 g/mol. The van der Waals surface area contributed by atoms with Crippen LogP contribution in [0, 0.1) is 5.92 Å². The van der Waals surface area contributed by atoms with Crippen LogP contribution in [0.2, 0.25) is 0 Å². The molecule has 1 fully saturated rings. The minimum atomic E-state index is -0.768. The van der Waals surface area contributed by atoms with Gasteiger partial charge in [-0.25, -0.2) is 4.79 Å². The van der Waals surface area contributed by atoms with Gasteiger partial charge < -0.3 is 20.0 Å². The third-order valence-corrected chi connectivity index (χ3v) is 3.37. The molecule has 0 saturated carbocycles. The van der Waals surface area contributed by atoms with E-state index in [2.05, 4.69) is 0 Å². The standard InChI is InChI=1S/C12H22N2O4/c1-2-13(7-8-15)12(18)14-5-3-10(4-6-14)9-11(16)17/h10,15H,2-9H2,1H3,(H,16,17). The first kappa shape index (κ1) is 14.8. The van der Waals surface area contributed by atoms with Crippen LogP contribution >= 0.6 is 0 Å². The highest BCUT2D eigenvalue weighted by Gasteiger charge is 2.26. The Morgan fingerprint density at radius 3 is 2.39 bits per heavy atom. The van der Waals surface area contributed by atoms with Crippen molar-refractivity contribution in [3.8, 4) is 0 Å². The summed E-state index contributed by atoms with van der Waals surface area (Å²) in [6.07, 6.45) is 1.68. The third kappa shape index (κ3) is 4.18. The molecule has 0 atom stereocenters. The Morgan fingerprint density at radius 1 is 1.33 bits per heavy atom. The van der Waals surface area contributed by atoms with Crippen molar-refractivity contribution in [3.63, 3.8) is 0 Å². The number of carbonyl (C=O) groups excluding carboxylic acids is 1. The number of carboxylic acid groups (broad SMARTS) is 1. The first-order chi connectivity index (χ1) is 8.58. The highest BCUT2D eigenvalue weighted by atomic mass is 16.4. The van der Waals surface area contributed by atoms with Crippen molar-refractivity contribution in [2.75, 3.05) is 32.8 Å². The van der Waals surface area contributed by atoms with Crippen LogP contribution in [0.25, 0.3) is 0 Å². The lowest BCUT2D eigenvalue weighted by molar-refractivity contribution is -0.138. The quantitative estimate of drug-likeness (QED) is 0.757. The summed E-state index contributed by atoms with van der Waals surface area (Å²) in [4.78, 5) is 26.0. The van der Waals surface area contributed by atoms with Crippen molar-refractivity contribution in [2.45, 2.75) is 26.2 Å². The number of aliphatic hydroxyl groups is 1. The van der Waals surface area contributed by atoms with E-state index in [1.54, 1.807) is 9.80 Å². The Bertz CT molecular complexity index is 288. The average molecular weight is 258 g/mol. The summed E-state index contributed by atoms with van der Waals surface area (Å²) in [6.45, 7) is 4.00. The zero-order valence-electron chi connectivity index (χ0n) is 10.8. The molecule has 0 bridgehead atoms. The van der Waals surface area contributed by atoms with E-state index in [0.717, 1.165) is 12.8 Å². The number of likely N-dealkylation sites (tertiary alicyclic amines) is 1. The Labute approximate surface area is 107 Å². The van der Waals surface area contributed by atoms with Crippen LogP contribution in [-0.2, 0) is 4.79 Å². The molecule has 0 radical (unpaired) electrons. The summed E-state index contributed by atoms with van der Waals surface area (Å²) >= 11 is 0. The largest absolute Gasteiger partial charge is 0.481 e. The molecule has 1 rings (SSSR count). The normalized spacial score (nSPS) is 16.7. The van der Waals surface area contributed by atoms with Gasteiger partial charge in [0.1, 0.15) is 0 Å². The number of likely N-dealkylation sites (N-methyl/N-ethyl adjacent to an activating group) is 1.